The first-order valence-corrected chi connectivity index (χ1v) is 23.8. The second-order valence-electron chi connectivity index (χ2n) is 23.7. The Morgan fingerprint density at radius 3 is 2.12 bits per heavy atom. The van der Waals surface area contributed by atoms with E-state index < -0.39 is 16.4 Å². The maximum Gasteiger partial charge on any atom is 0.310 e. The van der Waals surface area contributed by atoms with Gasteiger partial charge in [0.15, 0.2) is 5.78 Å². The molecule has 0 bridgehead atoms. The van der Waals surface area contributed by atoms with Gasteiger partial charge in [-0.3, -0.25) is 28.9 Å². The van der Waals surface area contributed by atoms with Crippen LogP contribution in [0.1, 0.15) is 154 Å². The monoisotopic (exact) mass is 834 g/mol. The standard InChI is InChI=1S/C50H79N3O7/c1-13-52-22-24-53(25-23-52)29-32(55)27-44(4,5)43(58)51-50-21-20-48(11)33(41(50)40(31(2)3)35(56)28-50)14-15-37-47(10)18-17-38(46(8,9)36(47)16-19-49(37,48)12)60-42(57)34-26-39(59-30-54)45(34,6)7/h30-31,33-34,36-39H,13-29H2,1-12H3,(H,51,58)/t33-,34-,36+,37-,38+,39-,47+,48-,49-,50-/m1/s1. The van der Waals surface area contributed by atoms with Gasteiger partial charge in [-0.1, -0.05) is 83.1 Å². The number of likely N-dealkylation sites (N-methyl/N-ethyl adjacent to an activating group) is 1. The van der Waals surface area contributed by atoms with E-state index in [1.165, 1.54) is 5.57 Å². The predicted octanol–water partition coefficient (Wildman–Crippen LogP) is 7.96. The minimum Gasteiger partial charge on any atom is -0.464 e. The van der Waals surface area contributed by atoms with E-state index in [9.17, 15) is 24.0 Å². The van der Waals surface area contributed by atoms with Gasteiger partial charge in [0.25, 0.3) is 6.47 Å². The molecule has 10 heteroatoms. The van der Waals surface area contributed by atoms with Crippen molar-refractivity contribution >= 4 is 29.9 Å². The Kier molecular flexibility index (Phi) is 11.8. The van der Waals surface area contributed by atoms with Gasteiger partial charge in [-0.05, 0) is 115 Å². The SMILES string of the molecule is CCN1CCN(CC(=O)CC(C)(C)C(=O)N[C@@]23CC[C@]4(C)[C@H](CC[C@@H]5[C@@]6(C)CC[C@H](OC(=O)[C@H]7C[C@@H](OC=O)C7(C)C)C(C)(C)[C@@H]6CC[C@]54C)C2=C(C(C)C)C(=O)C3)CC1. The second-order valence-corrected chi connectivity index (χ2v) is 23.7. The van der Waals surface area contributed by atoms with E-state index in [4.69, 9.17) is 9.47 Å². The van der Waals surface area contributed by atoms with E-state index in [0.717, 1.165) is 89.7 Å². The van der Waals surface area contributed by atoms with Crippen molar-refractivity contribution in [3.63, 3.8) is 0 Å². The van der Waals surface area contributed by atoms with Crippen molar-refractivity contribution in [3.05, 3.63) is 11.1 Å². The first-order valence-electron chi connectivity index (χ1n) is 23.8. The van der Waals surface area contributed by atoms with Crippen molar-refractivity contribution in [1.82, 2.24) is 15.1 Å². The number of amides is 1. The van der Waals surface area contributed by atoms with E-state index in [1.807, 2.05) is 27.7 Å². The number of carbonyl (C=O) groups is 5. The summed E-state index contributed by atoms with van der Waals surface area (Å²) in [5, 5.41) is 3.57. The zero-order chi connectivity index (χ0) is 44.0. The molecule has 1 N–H and O–H groups in total. The van der Waals surface area contributed by atoms with Gasteiger partial charge in [-0.2, -0.15) is 0 Å². The maximum absolute atomic E-state index is 14.5. The number of rotatable bonds is 12. The third-order valence-electron chi connectivity index (χ3n) is 19.2. The summed E-state index contributed by atoms with van der Waals surface area (Å²) >= 11 is 0. The summed E-state index contributed by atoms with van der Waals surface area (Å²) in [6.45, 7) is 32.1. The number of Topliss-reactive ketones (excluding diaryl/α,β-unsaturated/α-hetero) is 2. The Hall–Kier alpha value is -2.59. The molecule has 7 aliphatic rings. The molecular formula is C50H79N3O7. The molecule has 1 saturated heterocycles. The predicted molar refractivity (Wildman–Crippen MR) is 233 cm³/mol. The molecule has 0 unspecified atom stereocenters. The number of carbonyl (C=O) groups excluding carboxylic acids is 5. The number of hydrogen-bond donors (Lipinski definition) is 1. The minimum absolute atomic E-state index is 0.0233. The zero-order valence-corrected chi connectivity index (χ0v) is 39.4. The summed E-state index contributed by atoms with van der Waals surface area (Å²) in [4.78, 5) is 71.6. The van der Waals surface area contributed by atoms with Gasteiger partial charge in [0.2, 0.25) is 5.91 Å². The van der Waals surface area contributed by atoms with Crippen molar-refractivity contribution in [1.29, 1.82) is 0 Å². The normalized spacial score (nSPS) is 40.0. The lowest BCUT2D eigenvalue weighted by atomic mass is 9.33. The molecule has 0 aromatic rings. The van der Waals surface area contributed by atoms with Crippen molar-refractivity contribution in [3.8, 4) is 0 Å². The van der Waals surface area contributed by atoms with Crippen LogP contribution in [-0.2, 0) is 33.4 Å². The quantitative estimate of drug-likeness (QED) is 0.154. The Morgan fingerprint density at radius 1 is 0.833 bits per heavy atom. The Bertz CT molecular complexity index is 1770. The van der Waals surface area contributed by atoms with Gasteiger partial charge in [0.05, 0.1) is 23.4 Å². The third kappa shape index (κ3) is 7.06. The topological polar surface area (TPSA) is 122 Å². The Balaban J connectivity index is 1.09. The van der Waals surface area contributed by atoms with Gasteiger partial charge < -0.3 is 19.7 Å². The molecule has 60 heavy (non-hydrogen) atoms. The van der Waals surface area contributed by atoms with Crippen molar-refractivity contribution in [2.75, 3.05) is 39.3 Å². The highest BCUT2D eigenvalue weighted by molar-refractivity contribution is 6.02. The molecule has 6 aliphatic carbocycles. The van der Waals surface area contributed by atoms with Crippen LogP contribution in [0.5, 0.6) is 0 Å². The summed E-state index contributed by atoms with van der Waals surface area (Å²) in [5.74, 6) is 0.837. The number of nitrogens with zero attached hydrogens (tertiary/aromatic N) is 2. The smallest absolute Gasteiger partial charge is 0.310 e. The van der Waals surface area contributed by atoms with E-state index in [-0.39, 0.29) is 81.5 Å². The van der Waals surface area contributed by atoms with Gasteiger partial charge in [-0.25, -0.2) is 0 Å². The van der Waals surface area contributed by atoms with Crippen molar-refractivity contribution in [2.45, 2.75) is 171 Å². The Morgan fingerprint density at radius 2 is 1.50 bits per heavy atom. The van der Waals surface area contributed by atoms with Crippen LogP contribution in [-0.4, -0.2) is 96.7 Å². The van der Waals surface area contributed by atoms with Crippen LogP contribution < -0.4 is 5.32 Å². The highest BCUT2D eigenvalue weighted by atomic mass is 16.6. The molecule has 10 nitrogen and oxygen atoms in total. The summed E-state index contributed by atoms with van der Waals surface area (Å²) in [5.41, 5.74) is -0.0784. The second kappa shape index (κ2) is 15.6. The molecule has 10 atom stereocenters. The van der Waals surface area contributed by atoms with Crippen molar-refractivity contribution in [2.24, 2.45) is 62.1 Å². The molecule has 1 heterocycles. The number of allylic oxidation sites excluding steroid dienone is 1. The average Bonchev–Trinajstić information content (AvgIpc) is 3.46. The highest BCUT2D eigenvalue weighted by Crippen LogP contribution is 2.76. The molecule has 0 spiro atoms. The van der Waals surface area contributed by atoms with Crippen LogP contribution in [0.15, 0.2) is 11.1 Å². The van der Waals surface area contributed by atoms with Crippen LogP contribution in [0.25, 0.3) is 0 Å². The Labute approximate surface area is 361 Å². The number of piperazine rings is 1. The molecule has 5 saturated carbocycles. The molecule has 1 amide bonds. The largest absolute Gasteiger partial charge is 0.464 e. The van der Waals surface area contributed by atoms with E-state index in [0.29, 0.717) is 37.7 Å². The highest BCUT2D eigenvalue weighted by Gasteiger charge is 2.70. The molecule has 7 rings (SSSR count). The van der Waals surface area contributed by atoms with E-state index in [1.54, 1.807) is 0 Å². The number of esters is 1. The molecular weight excluding hydrogens is 755 g/mol. The fraction of sp³-hybridized carbons (Fsp3) is 0.860. The molecule has 0 aromatic heterocycles. The molecule has 0 radical (unpaired) electrons. The first kappa shape index (κ1) is 45.4. The maximum atomic E-state index is 14.5. The number of fused-ring (bicyclic) bond motifs is 7. The minimum atomic E-state index is -0.898. The molecule has 336 valence electrons. The van der Waals surface area contributed by atoms with Gasteiger partial charge in [-0.15, -0.1) is 0 Å². The average molecular weight is 834 g/mol. The van der Waals surface area contributed by atoms with Crippen LogP contribution in [0.3, 0.4) is 0 Å². The fourth-order valence-electron chi connectivity index (χ4n) is 15.3. The van der Waals surface area contributed by atoms with Crippen LogP contribution in [0.2, 0.25) is 0 Å². The fourth-order valence-corrected chi connectivity index (χ4v) is 15.3. The van der Waals surface area contributed by atoms with Gasteiger partial charge in [0, 0.05) is 49.9 Å². The van der Waals surface area contributed by atoms with Crippen LogP contribution in [0, 0.1) is 62.1 Å². The molecule has 6 fully saturated rings. The first-order chi connectivity index (χ1) is 27.9. The molecule has 1 aliphatic heterocycles. The summed E-state index contributed by atoms with van der Waals surface area (Å²) in [7, 11) is 0. The van der Waals surface area contributed by atoms with Crippen molar-refractivity contribution < 1.29 is 33.4 Å². The lowest BCUT2D eigenvalue weighted by molar-refractivity contribution is -0.236. The van der Waals surface area contributed by atoms with Gasteiger partial charge in [0.1, 0.15) is 18.0 Å². The lowest BCUT2D eigenvalue weighted by Gasteiger charge is -2.72. The summed E-state index contributed by atoms with van der Waals surface area (Å²) in [6, 6.07) is 0. The third-order valence-corrected chi connectivity index (χ3v) is 19.2. The lowest BCUT2D eigenvalue weighted by Crippen LogP contribution is -2.67. The number of hydrogen-bond acceptors (Lipinski definition) is 9. The van der Waals surface area contributed by atoms with E-state index >= 15 is 0 Å². The van der Waals surface area contributed by atoms with E-state index in [2.05, 4.69) is 70.5 Å². The number of ketones is 2. The summed E-state index contributed by atoms with van der Waals surface area (Å²) < 4.78 is 11.8. The zero-order valence-electron chi connectivity index (χ0n) is 39.4. The van der Waals surface area contributed by atoms with Crippen LogP contribution >= 0.6 is 0 Å². The summed E-state index contributed by atoms with van der Waals surface area (Å²) in [6.07, 6.45) is 8.29. The molecule has 0 aromatic carbocycles. The van der Waals surface area contributed by atoms with Crippen LogP contribution in [0.4, 0.5) is 0 Å². The van der Waals surface area contributed by atoms with Gasteiger partial charge >= 0.3 is 5.97 Å². The number of ether oxygens (including phenoxy) is 2. The number of nitrogens with one attached hydrogen (secondary N) is 1.